The fraction of sp³-hybridized carbons (Fsp3) is 0.148. The molecule has 174 valence electrons. The van der Waals surface area contributed by atoms with Crippen molar-refractivity contribution < 1.29 is 14.7 Å². The van der Waals surface area contributed by atoms with E-state index in [9.17, 15) is 14.7 Å². The third-order valence-corrected chi connectivity index (χ3v) is 5.38. The van der Waals surface area contributed by atoms with Gasteiger partial charge in [0.05, 0.1) is 0 Å². The zero-order valence-corrected chi connectivity index (χ0v) is 18.7. The van der Waals surface area contributed by atoms with Crippen molar-refractivity contribution in [1.29, 1.82) is 0 Å². The van der Waals surface area contributed by atoms with Gasteiger partial charge < -0.3 is 21.9 Å². The van der Waals surface area contributed by atoms with Gasteiger partial charge in [0, 0.05) is 17.2 Å². The lowest BCUT2D eigenvalue weighted by molar-refractivity contribution is -0.139. The predicted molar refractivity (Wildman–Crippen MR) is 133 cm³/mol. The first-order valence-corrected chi connectivity index (χ1v) is 10.9. The molecule has 3 aromatic carbocycles. The zero-order valence-electron chi connectivity index (χ0n) is 18.7. The average Bonchev–Trinajstić information content (AvgIpc) is 2.83. The third kappa shape index (κ3) is 6.56. The van der Waals surface area contributed by atoms with E-state index in [4.69, 9.17) is 11.5 Å². The van der Waals surface area contributed by atoms with Gasteiger partial charge in [-0.2, -0.15) is 0 Å². The number of aliphatic imine (C=N–C) groups is 1. The molecule has 0 heterocycles. The van der Waals surface area contributed by atoms with Gasteiger partial charge in [0.15, 0.2) is 5.96 Å². The van der Waals surface area contributed by atoms with Gasteiger partial charge in [-0.3, -0.25) is 4.79 Å². The second-order valence-corrected chi connectivity index (χ2v) is 7.88. The summed E-state index contributed by atoms with van der Waals surface area (Å²) >= 11 is 0. The number of aliphatic carboxylic acids is 1. The molecule has 1 unspecified atom stereocenters. The molecule has 0 aromatic heterocycles. The lowest BCUT2D eigenvalue weighted by Gasteiger charge is -2.19. The molecular weight excluding hydrogens is 428 g/mol. The molecule has 7 heteroatoms. The molecule has 1 atom stereocenters. The fourth-order valence-electron chi connectivity index (χ4n) is 3.74. The SMILES string of the molecule is C=C(CCC(NC(=O)c1ccc(C(c2ccccc2)c2ccccc2)cc1)C(=O)O)N=C(N)N. The maximum absolute atomic E-state index is 12.7. The van der Waals surface area contributed by atoms with E-state index in [1.165, 1.54) is 0 Å². The number of carboxylic acids is 1. The molecule has 0 fully saturated rings. The standard InChI is InChI=1S/C27H28N4O3/c1-18(30-27(28)29)12-17-23(26(33)34)31-25(32)22-15-13-21(14-16-22)24(19-8-4-2-5-9-19)20-10-6-3-7-11-20/h2-11,13-16,23-24H,1,12,17H2,(H,31,32)(H,33,34)(H4,28,29,30). The molecule has 0 saturated heterocycles. The Kier molecular flexibility index (Phi) is 8.18. The van der Waals surface area contributed by atoms with Crippen molar-refractivity contribution in [2.75, 3.05) is 0 Å². The van der Waals surface area contributed by atoms with E-state index in [1.54, 1.807) is 12.1 Å². The summed E-state index contributed by atoms with van der Waals surface area (Å²) in [7, 11) is 0. The van der Waals surface area contributed by atoms with Gasteiger partial charge in [-0.05, 0) is 41.7 Å². The van der Waals surface area contributed by atoms with Crippen LogP contribution in [0.15, 0.2) is 102 Å². The number of nitrogens with two attached hydrogens (primary N) is 2. The number of hydrogen-bond donors (Lipinski definition) is 4. The summed E-state index contributed by atoms with van der Waals surface area (Å²) in [5.41, 5.74) is 14.6. The zero-order chi connectivity index (χ0) is 24.5. The molecule has 0 aliphatic carbocycles. The van der Waals surface area contributed by atoms with E-state index in [1.807, 2.05) is 48.5 Å². The molecule has 0 aliphatic heterocycles. The minimum Gasteiger partial charge on any atom is -0.480 e. The first-order valence-electron chi connectivity index (χ1n) is 10.9. The van der Waals surface area contributed by atoms with Crippen LogP contribution in [0.5, 0.6) is 0 Å². The number of allylic oxidation sites excluding steroid dienone is 1. The van der Waals surface area contributed by atoms with Crippen LogP contribution in [0, 0.1) is 0 Å². The van der Waals surface area contributed by atoms with Crippen LogP contribution in [0.3, 0.4) is 0 Å². The molecule has 6 N–H and O–H groups in total. The normalized spacial score (nSPS) is 11.4. The minimum atomic E-state index is -1.14. The van der Waals surface area contributed by atoms with Gasteiger partial charge >= 0.3 is 5.97 Å². The summed E-state index contributed by atoms with van der Waals surface area (Å²) in [5.74, 6) is -1.75. The molecule has 0 saturated carbocycles. The lowest BCUT2D eigenvalue weighted by atomic mass is 9.85. The number of nitrogens with zero attached hydrogens (tertiary/aromatic N) is 1. The topological polar surface area (TPSA) is 131 Å². The monoisotopic (exact) mass is 456 g/mol. The fourth-order valence-corrected chi connectivity index (χ4v) is 3.74. The van der Waals surface area contributed by atoms with Crippen molar-refractivity contribution >= 4 is 17.8 Å². The van der Waals surface area contributed by atoms with Crippen LogP contribution in [0.1, 0.15) is 45.8 Å². The number of guanidine groups is 1. The molecule has 0 bridgehead atoms. The van der Waals surface area contributed by atoms with E-state index in [-0.39, 0.29) is 24.7 Å². The van der Waals surface area contributed by atoms with Gasteiger partial charge in [-0.1, -0.05) is 79.4 Å². The Balaban J connectivity index is 1.76. The number of benzene rings is 3. The van der Waals surface area contributed by atoms with Crippen LogP contribution in [0.25, 0.3) is 0 Å². The smallest absolute Gasteiger partial charge is 0.326 e. The van der Waals surface area contributed by atoms with E-state index < -0.39 is 17.9 Å². The second kappa shape index (κ2) is 11.5. The predicted octanol–water partition coefficient (Wildman–Crippen LogP) is 3.62. The molecule has 0 aliphatic rings. The molecule has 34 heavy (non-hydrogen) atoms. The largest absolute Gasteiger partial charge is 0.480 e. The highest BCUT2D eigenvalue weighted by molar-refractivity contribution is 5.96. The number of rotatable bonds is 10. The van der Waals surface area contributed by atoms with Crippen LogP contribution in [0.4, 0.5) is 0 Å². The number of carbonyl (C=O) groups excluding carboxylic acids is 1. The van der Waals surface area contributed by atoms with E-state index in [0.29, 0.717) is 11.3 Å². The highest BCUT2D eigenvalue weighted by atomic mass is 16.4. The maximum Gasteiger partial charge on any atom is 0.326 e. The summed E-state index contributed by atoms with van der Waals surface area (Å²) in [6, 6.07) is 26.4. The molecule has 0 radical (unpaired) electrons. The molecule has 1 amide bonds. The van der Waals surface area contributed by atoms with Crippen molar-refractivity contribution in [3.05, 3.63) is 119 Å². The summed E-state index contributed by atoms with van der Waals surface area (Å²) in [6.07, 6.45) is 0.336. The molecule has 3 rings (SSSR count). The van der Waals surface area contributed by atoms with Crippen molar-refractivity contribution in [3.8, 4) is 0 Å². The number of nitrogens with one attached hydrogen (secondary N) is 1. The Labute approximate surface area is 198 Å². The Bertz CT molecular complexity index is 1120. The van der Waals surface area contributed by atoms with Crippen LogP contribution >= 0.6 is 0 Å². The Morgan fingerprint density at radius 1 is 0.853 bits per heavy atom. The van der Waals surface area contributed by atoms with Crippen LogP contribution in [-0.2, 0) is 4.79 Å². The van der Waals surface area contributed by atoms with Crippen molar-refractivity contribution in [2.45, 2.75) is 24.8 Å². The van der Waals surface area contributed by atoms with Crippen molar-refractivity contribution in [1.82, 2.24) is 5.32 Å². The summed E-state index contributed by atoms with van der Waals surface area (Å²) in [6.45, 7) is 3.69. The van der Waals surface area contributed by atoms with Gasteiger partial charge in [-0.25, -0.2) is 9.79 Å². The third-order valence-electron chi connectivity index (χ3n) is 5.38. The number of amides is 1. The van der Waals surface area contributed by atoms with Crippen molar-refractivity contribution in [2.24, 2.45) is 16.5 Å². The molecule has 0 spiro atoms. The van der Waals surface area contributed by atoms with Crippen molar-refractivity contribution in [3.63, 3.8) is 0 Å². The first kappa shape index (κ1) is 24.3. The van der Waals surface area contributed by atoms with Gasteiger partial charge in [-0.15, -0.1) is 0 Å². The van der Waals surface area contributed by atoms with Gasteiger partial charge in [0.1, 0.15) is 6.04 Å². The van der Waals surface area contributed by atoms with Crippen LogP contribution < -0.4 is 16.8 Å². The highest BCUT2D eigenvalue weighted by Crippen LogP contribution is 2.31. The Morgan fingerprint density at radius 2 is 1.35 bits per heavy atom. The number of carboxylic acid groups (broad SMARTS) is 1. The number of carbonyl (C=O) groups is 2. The summed E-state index contributed by atoms with van der Waals surface area (Å²) in [5, 5.41) is 12.1. The van der Waals surface area contributed by atoms with Gasteiger partial charge in [0.25, 0.3) is 5.91 Å². The average molecular weight is 457 g/mol. The molecule has 3 aromatic rings. The van der Waals surface area contributed by atoms with E-state index >= 15 is 0 Å². The molecule has 7 nitrogen and oxygen atoms in total. The molecular formula is C27H28N4O3. The van der Waals surface area contributed by atoms with Gasteiger partial charge in [0.2, 0.25) is 0 Å². The highest BCUT2D eigenvalue weighted by Gasteiger charge is 2.22. The number of hydrogen-bond acceptors (Lipinski definition) is 3. The van der Waals surface area contributed by atoms with Crippen LogP contribution in [0.2, 0.25) is 0 Å². The second-order valence-electron chi connectivity index (χ2n) is 7.88. The van der Waals surface area contributed by atoms with E-state index in [2.05, 4.69) is 41.2 Å². The Morgan fingerprint density at radius 3 is 1.82 bits per heavy atom. The maximum atomic E-state index is 12.7. The summed E-state index contributed by atoms with van der Waals surface area (Å²) < 4.78 is 0. The van der Waals surface area contributed by atoms with Crippen LogP contribution in [-0.4, -0.2) is 29.0 Å². The quantitative estimate of drug-likeness (QED) is 0.210. The minimum absolute atomic E-state index is 0.00725. The summed E-state index contributed by atoms with van der Waals surface area (Å²) in [4.78, 5) is 28.2. The first-order chi connectivity index (χ1) is 16.3. The van der Waals surface area contributed by atoms with E-state index in [0.717, 1.165) is 16.7 Å². The lowest BCUT2D eigenvalue weighted by Crippen LogP contribution is -2.40. The Hall–Kier alpha value is -4.39.